The highest BCUT2D eigenvalue weighted by molar-refractivity contribution is 5.85. The van der Waals surface area contributed by atoms with Gasteiger partial charge in [0.15, 0.2) is 0 Å². The fraction of sp³-hybridized carbons (Fsp3) is 0.455. The number of hydrogen-bond donors (Lipinski definition) is 2. The van der Waals surface area contributed by atoms with E-state index in [9.17, 15) is 17.6 Å². The fourth-order valence-corrected chi connectivity index (χ4v) is 1.32. The monoisotopic (exact) mass is 303 g/mol. The summed E-state index contributed by atoms with van der Waals surface area (Å²) in [5, 5.41) is 8.70. The number of hydrogen-bond acceptors (Lipinski definition) is 3. The summed E-state index contributed by atoms with van der Waals surface area (Å²) >= 11 is 0. The standard InChI is InChI=1S/C11H13F4NO2.ClH/c12-10(13)11(14,15)18-8-3-1-2-7(6-8)9(16)4-5-17;/h1-3,6,9-10,17H,4-5,16H2;1H. The Labute approximate surface area is 113 Å². The van der Waals surface area contributed by atoms with Gasteiger partial charge in [-0.25, -0.2) is 0 Å². The van der Waals surface area contributed by atoms with E-state index in [2.05, 4.69) is 4.74 Å². The first-order valence-corrected chi connectivity index (χ1v) is 5.18. The number of alkyl halides is 4. The van der Waals surface area contributed by atoms with Crippen LogP contribution in [-0.2, 0) is 0 Å². The van der Waals surface area contributed by atoms with E-state index in [1.54, 1.807) is 0 Å². The second-order valence-corrected chi connectivity index (χ2v) is 3.66. The van der Waals surface area contributed by atoms with Crippen molar-refractivity contribution in [1.29, 1.82) is 0 Å². The Balaban J connectivity index is 0.00000324. The molecule has 3 nitrogen and oxygen atoms in total. The first-order valence-electron chi connectivity index (χ1n) is 5.18. The molecule has 1 unspecified atom stereocenters. The first-order chi connectivity index (χ1) is 8.36. The topological polar surface area (TPSA) is 55.5 Å². The average molecular weight is 304 g/mol. The quantitative estimate of drug-likeness (QED) is 0.795. The van der Waals surface area contributed by atoms with Gasteiger partial charge >= 0.3 is 12.5 Å². The molecule has 0 spiro atoms. The van der Waals surface area contributed by atoms with E-state index in [4.69, 9.17) is 10.8 Å². The number of benzene rings is 1. The Hall–Kier alpha value is -1.05. The van der Waals surface area contributed by atoms with Gasteiger partial charge in [0.05, 0.1) is 0 Å². The zero-order valence-electron chi connectivity index (χ0n) is 9.73. The number of nitrogens with two attached hydrogens (primary N) is 1. The first kappa shape index (κ1) is 17.9. The number of ether oxygens (including phenoxy) is 1. The molecule has 1 atom stereocenters. The maximum Gasteiger partial charge on any atom is 0.461 e. The molecule has 1 aromatic rings. The molecular formula is C11H14ClF4NO2. The summed E-state index contributed by atoms with van der Waals surface area (Å²) in [6.45, 7) is -0.167. The zero-order chi connectivity index (χ0) is 13.8. The van der Waals surface area contributed by atoms with E-state index in [0.29, 0.717) is 5.56 Å². The molecular weight excluding hydrogens is 290 g/mol. The third kappa shape index (κ3) is 5.22. The Morgan fingerprint density at radius 2 is 1.95 bits per heavy atom. The molecule has 1 rings (SSSR count). The van der Waals surface area contributed by atoms with Gasteiger partial charge in [0.25, 0.3) is 0 Å². The van der Waals surface area contributed by atoms with Crippen LogP contribution in [0.1, 0.15) is 18.0 Å². The van der Waals surface area contributed by atoms with Gasteiger partial charge in [-0.1, -0.05) is 12.1 Å². The van der Waals surface area contributed by atoms with Gasteiger partial charge in [0.1, 0.15) is 5.75 Å². The van der Waals surface area contributed by atoms with Crippen molar-refractivity contribution >= 4 is 12.4 Å². The molecule has 0 aromatic heterocycles. The lowest BCUT2D eigenvalue weighted by molar-refractivity contribution is -0.253. The van der Waals surface area contributed by atoms with Crippen LogP contribution in [0.5, 0.6) is 5.75 Å². The van der Waals surface area contributed by atoms with Crippen LogP contribution in [0.2, 0.25) is 0 Å². The van der Waals surface area contributed by atoms with Crippen LogP contribution < -0.4 is 10.5 Å². The summed E-state index contributed by atoms with van der Waals surface area (Å²) in [5.74, 6) is -0.397. The Bertz CT molecular complexity index is 393. The molecule has 0 saturated carbocycles. The third-order valence-corrected chi connectivity index (χ3v) is 2.23. The highest BCUT2D eigenvalue weighted by Crippen LogP contribution is 2.29. The van der Waals surface area contributed by atoms with Crippen LogP contribution in [0.3, 0.4) is 0 Å². The molecule has 8 heteroatoms. The van der Waals surface area contributed by atoms with E-state index in [1.165, 1.54) is 12.1 Å². The molecule has 1 aromatic carbocycles. The van der Waals surface area contributed by atoms with Crippen LogP contribution in [0.15, 0.2) is 24.3 Å². The van der Waals surface area contributed by atoms with E-state index in [0.717, 1.165) is 12.1 Å². The molecule has 19 heavy (non-hydrogen) atoms. The fourth-order valence-electron chi connectivity index (χ4n) is 1.32. The smallest absolute Gasteiger partial charge is 0.428 e. The Kier molecular flexibility index (Phi) is 7.10. The molecule has 0 aliphatic rings. The van der Waals surface area contributed by atoms with Gasteiger partial charge < -0.3 is 15.6 Å². The third-order valence-electron chi connectivity index (χ3n) is 2.23. The van der Waals surface area contributed by atoms with Gasteiger partial charge in [0, 0.05) is 12.6 Å². The summed E-state index contributed by atoms with van der Waals surface area (Å²) in [6, 6.07) is 4.61. The van der Waals surface area contributed by atoms with E-state index in [-0.39, 0.29) is 25.4 Å². The van der Waals surface area contributed by atoms with Crippen molar-refractivity contribution < 1.29 is 27.4 Å². The lowest BCUT2D eigenvalue weighted by Crippen LogP contribution is -2.33. The number of aliphatic hydroxyl groups excluding tert-OH is 1. The van der Waals surface area contributed by atoms with E-state index in [1.807, 2.05) is 0 Å². The van der Waals surface area contributed by atoms with Crippen molar-refractivity contribution in [3.05, 3.63) is 29.8 Å². The van der Waals surface area contributed by atoms with Crippen LogP contribution in [-0.4, -0.2) is 24.2 Å². The molecule has 110 valence electrons. The largest absolute Gasteiger partial charge is 0.461 e. The highest BCUT2D eigenvalue weighted by Gasteiger charge is 2.43. The van der Waals surface area contributed by atoms with Gasteiger partial charge in [-0.15, -0.1) is 12.4 Å². The van der Waals surface area contributed by atoms with E-state index < -0.39 is 24.3 Å². The van der Waals surface area contributed by atoms with Crippen molar-refractivity contribution in [3.63, 3.8) is 0 Å². The van der Waals surface area contributed by atoms with Gasteiger partial charge in [-0.3, -0.25) is 0 Å². The molecule has 0 bridgehead atoms. The zero-order valence-corrected chi connectivity index (χ0v) is 10.5. The summed E-state index contributed by atoms with van der Waals surface area (Å²) in [5.41, 5.74) is 6.07. The second-order valence-electron chi connectivity index (χ2n) is 3.66. The summed E-state index contributed by atoms with van der Waals surface area (Å²) in [6.07, 6.45) is -8.22. The molecule has 0 fully saturated rings. The summed E-state index contributed by atoms with van der Waals surface area (Å²) in [4.78, 5) is 0. The Morgan fingerprint density at radius 1 is 1.32 bits per heavy atom. The minimum atomic E-state index is -4.54. The number of aliphatic hydroxyl groups is 1. The molecule has 0 heterocycles. The van der Waals surface area contributed by atoms with Crippen LogP contribution >= 0.6 is 12.4 Å². The molecule has 0 amide bonds. The van der Waals surface area contributed by atoms with Crippen LogP contribution in [0.25, 0.3) is 0 Å². The van der Waals surface area contributed by atoms with Crippen molar-refractivity contribution in [2.75, 3.05) is 6.61 Å². The molecule has 3 N–H and O–H groups in total. The average Bonchev–Trinajstić information content (AvgIpc) is 2.29. The highest BCUT2D eigenvalue weighted by atomic mass is 35.5. The SMILES string of the molecule is Cl.NC(CCO)c1cccc(OC(F)(F)C(F)F)c1. The lowest BCUT2D eigenvalue weighted by atomic mass is 10.1. The molecule has 0 aliphatic carbocycles. The van der Waals surface area contributed by atoms with Gasteiger partial charge in [-0.05, 0) is 24.1 Å². The number of rotatable bonds is 6. The summed E-state index contributed by atoms with van der Waals surface area (Å²) < 4.78 is 53.2. The molecule has 0 saturated heterocycles. The van der Waals surface area contributed by atoms with Crippen molar-refractivity contribution in [3.8, 4) is 5.75 Å². The second kappa shape index (κ2) is 7.52. The molecule has 0 aliphatic heterocycles. The minimum Gasteiger partial charge on any atom is -0.428 e. The maximum atomic E-state index is 12.7. The van der Waals surface area contributed by atoms with Crippen molar-refractivity contribution in [2.24, 2.45) is 5.73 Å². The predicted octanol–water partition coefficient (Wildman–Crippen LogP) is 2.73. The maximum absolute atomic E-state index is 12.7. The van der Waals surface area contributed by atoms with Crippen molar-refractivity contribution in [1.82, 2.24) is 0 Å². The van der Waals surface area contributed by atoms with Gasteiger partial charge in [-0.2, -0.15) is 17.6 Å². The van der Waals surface area contributed by atoms with E-state index >= 15 is 0 Å². The lowest BCUT2D eigenvalue weighted by Gasteiger charge is -2.18. The van der Waals surface area contributed by atoms with Gasteiger partial charge in [0.2, 0.25) is 0 Å². The number of halogens is 5. The van der Waals surface area contributed by atoms with Crippen LogP contribution in [0, 0.1) is 0 Å². The van der Waals surface area contributed by atoms with Crippen molar-refractivity contribution in [2.45, 2.75) is 25.0 Å². The minimum absolute atomic E-state index is 0. The Morgan fingerprint density at radius 3 is 2.47 bits per heavy atom. The molecule has 0 radical (unpaired) electrons. The normalized spacial score (nSPS) is 13.0. The van der Waals surface area contributed by atoms with Crippen LogP contribution in [0.4, 0.5) is 17.6 Å². The summed E-state index contributed by atoms with van der Waals surface area (Å²) in [7, 11) is 0. The predicted molar refractivity (Wildman–Crippen MR) is 63.9 cm³/mol.